The highest BCUT2D eigenvalue weighted by Crippen LogP contribution is 2.32. The zero-order valence-electron chi connectivity index (χ0n) is 20.0. The van der Waals surface area contributed by atoms with Gasteiger partial charge in [-0.3, -0.25) is 9.59 Å². The molecule has 0 fully saturated rings. The minimum atomic E-state index is -1.12. The maximum Gasteiger partial charge on any atom is 0.302 e. The molecule has 0 aliphatic heterocycles. The van der Waals surface area contributed by atoms with E-state index in [-0.39, 0.29) is 35.7 Å². The van der Waals surface area contributed by atoms with Crippen molar-refractivity contribution in [3.63, 3.8) is 0 Å². The molecule has 5 aromatic rings. The van der Waals surface area contributed by atoms with Gasteiger partial charge >= 0.3 is 5.97 Å². The molecule has 4 heterocycles. The highest BCUT2D eigenvalue weighted by atomic mass is 19.1. The maximum absolute atomic E-state index is 15.5. The van der Waals surface area contributed by atoms with Crippen LogP contribution in [0.5, 0.6) is 5.75 Å². The standard InChI is InChI=1S/C25H19F3N6O4/c1-13(35)38-9-8-34-24-15(23(32-34)31-25(36)21-17(26)4-3-5-18(21)27)11-19(28)22(30-24)16-12-29-33-7-6-14(37-2)10-20(16)33/h3-7,10-12H,8-9H2,1-2H3,(H,31,32,36). The van der Waals surface area contributed by atoms with Crippen LogP contribution in [0.25, 0.3) is 27.8 Å². The lowest BCUT2D eigenvalue weighted by Gasteiger charge is -2.06. The van der Waals surface area contributed by atoms with E-state index in [2.05, 4.69) is 20.5 Å². The van der Waals surface area contributed by atoms with E-state index in [9.17, 15) is 18.4 Å². The van der Waals surface area contributed by atoms with E-state index < -0.39 is 34.9 Å². The van der Waals surface area contributed by atoms with Crippen molar-refractivity contribution < 1.29 is 32.2 Å². The van der Waals surface area contributed by atoms with Crippen molar-refractivity contribution >= 4 is 34.2 Å². The number of anilines is 1. The Labute approximate surface area is 212 Å². The molecule has 13 heteroatoms. The van der Waals surface area contributed by atoms with Crippen molar-refractivity contribution in [2.24, 2.45) is 0 Å². The summed E-state index contributed by atoms with van der Waals surface area (Å²) < 4.78 is 56.8. The molecule has 0 atom stereocenters. The first-order chi connectivity index (χ1) is 18.3. The lowest BCUT2D eigenvalue weighted by Crippen LogP contribution is -2.17. The van der Waals surface area contributed by atoms with Crippen molar-refractivity contribution in [3.05, 3.63) is 71.8 Å². The second kappa shape index (κ2) is 9.84. The number of nitrogens with zero attached hydrogens (tertiary/aromatic N) is 5. The molecule has 5 rings (SSSR count). The van der Waals surface area contributed by atoms with Crippen LogP contribution >= 0.6 is 0 Å². The average molecular weight is 524 g/mol. The number of esters is 1. The Morgan fingerprint density at radius 1 is 1.08 bits per heavy atom. The summed E-state index contributed by atoms with van der Waals surface area (Å²) in [6.07, 6.45) is 3.09. The van der Waals surface area contributed by atoms with Gasteiger partial charge in [0, 0.05) is 24.8 Å². The van der Waals surface area contributed by atoms with Crippen molar-refractivity contribution in [1.29, 1.82) is 0 Å². The summed E-state index contributed by atoms with van der Waals surface area (Å²) in [6.45, 7) is 1.14. The smallest absolute Gasteiger partial charge is 0.302 e. The van der Waals surface area contributed by atoms with Crippen LogP contribution < -0.4 is 10.1 Å². The van der Waals surface area contributed by atoms with E-state index in [4.69, 9.17) is 9.47 Å². The predicted octanol–water partition coefficient (Wildman–Crippen LogP) is 3.99. The second-order valence-corrected chi connectivity index (χ2v) is 8.11. The number of ether oxygens (including phenoxy) is 2. The van der Waals surface area contributed by atoms with Crippen LogP contribution in [-0.2, 0) is 16.1 Å². The van der Waals surface area contributed by atoms with Gasteiger partial charge in [0.05, 0.1) is 30.8 Å². The maximum atomic E-state index is 15.5. The third-order valence-electron chi connectivity index (χ3n) is 5.69. The summed E-state index contributed by atoms with van der Waals surface area (Å²) in [4.78, 5) is 28.4. The first kappa shape index (κ1) is 24.7. The highest BCUT2D eigenvalue weighted by Gasteiger charge is 2.23. The minimum absolute atomic E-state index is 0.000659. The summed E-state index contributed by atoms with van der Waals surface area (Å²) in [6, 6.07) is 7.45. The van der Waals surface area contributed by atoms with Crippen molar-refractivity contribution in [3.8, 4) is 17.0 Å². The van der Waals surface area contributed by atoms with Gasteiger partial charge in [0.25, 0.3) is 5.91 Å². The molecule has 1 amide bonds. The quantitative estimate of drug-likeness (QED) is 0.321. The van der Waals surface area contributed by atoms with Crippen molar-refractivity contribution in [1.82, 2.24) is 24.4 Å². The molecule has 0 saturated heterocycles. The third-order valence-corrected chi connectivity index (χ3v) is 5.69. The van der Waals surface area contributed by atoms with Crippen LogP contribution in [0.3, 0.4) is 0 Å². The average Bonchev–Trinajstić information content (AvgIpc) is 3.43. The van der Waals surface area contributed by atoms with Gasteiger partial charge in [0.2, 0.25) is 0 Å². The summed E-state index contributed by atoms with van der Waals surface area (Å²) >= 11 is 0. The SMILES string of the molecule is COc1ccn2ncc(-c3nc4c(cc3F)c(NC(=O)c3c(F)cccc3F)nn4CCOC(C)=O)c2c1. The van der Waals surface area contributed by atoms with Gasteiger partial charge in [0.1, 0.15) is 35.2 Å². The number of rotatable bonds is 7. The number of nitrogens with one attached hydrogen (secondary N) is 1. The van der Waals surface area contributed by atoms with Gasteiger partial charge in [-0.05, 0) is 24.3 Å². The molecule has 10 nitrogen and oxygen atoms in total. The minimum Gasteiger partial charge on any atom is -0.497 e. The number of amides is 1. The van der Waals surface area contributed by atoms with E-state index in [1.807, 2.05) is 0 Å². The van der Waals surface area contributed by atoms with Gasteiger partial charge in [-0.1, -0.05) is 6.07 Å². The fourth-order valence-electron chi connectivity index (χ4n) is 3.94. The monoisotopic (exact) mass is 524 g/mol. The second-order valence-electron chi connectivity index (χ2n) is 8.11. The summed E-state index contributed by atoms with van der Waals surface area (Å²) in [5.41, 5.74) is 0.118. The summed E-state index contributed by atoms with van der Waals surface area (Å²) in [5.74, 6) is -4.21. The van der Waals surface area contributed by atoms with Crippen molar-refractivity contribution in [2.45, 2.75) is 13.5 Å². The fourth-order valence-corrected chi connectivity index (χ4v) is 3.94. The topological polar surface area (TPSA) is 113 Å². The Balaban J connectivity index is 1.62. The number of benzene rings is 1. The van der Waals surface area contributed by atoms with Crippen LogP contribution in [0, 0.1) is 17.5 Å². The third kappa shape index (κ3) is 4.49. The van der Waals surface area contributed by atoms with E-state index in [1.165, 1.54) is 29.4 Å². The van der Waals surface area contributed by atoms with Crippen LogP contribution in [0.15, 0.2) is 48.8 Å². The lowest BCUT2D eigenvalue weighted by molar-refractivity contribution is -0.141. The Hall–Kier alpha value is -4.94. The molecular formula is C25H19F3N6O4. The number of pyridine rings is 2. The Kier molecular flexibility index (Phi) is 6.41. The van der Waals surface area contributed by atoms with E-state index in [0.717, 1.165) is 24.3 Å². The molecular weight excluding hydrogens is 505 g/mol. The van der Waals surface area contributed by atoms with Gasteiger partial charge in [-0.15, -0.1) is 0 Å². The first-order valence-corrected chi connectivity index (χ1v) is 11.2. The number of carbonyl (C=O) groups is 2. The normalized spacial score (nSPS) is 11.2. The fraction of sp³-hybridized carbons (Fsp3) is 0.160. The summed E-state index contributed by atoms with van der Waals surface area (Å²) in [5, 5.41) is 10.9. The van der Waals surface area contributed by atoms with Crippen LogP contribution in [0.4, 0.5) is 19.0 Å². The van der Waals surface area contributed by atoms with E-state index >= 15 is 4.39 Å². The van der Waals surface area contributed by atoms with E-state index in [1.54, 1.807) is 18.3 Å². The zero-order valence-corrected chi connectivity index (χ0v) is 20.0. The van der Waals surface area contributed by atoms with Crippen molar-refractivity contribution in [2.75, 3.05) is 19.0 Å². The lowest BCUT2D eigenvalue weighted by atomic mass is 10.1. The number of hydrogen-bond acceptors (Lipinski definition) is 7. The highest BCUT2D eigenvalue weighted by molar-refractivity contribution is 6.08. The number of halogens is 3. The molecule has 1 N–H and O–H groups in total. The van der Waals surface area contributed by atoms with Crippen LogP contribution in [0.1, 0.15) is 17.3 Å². The Morgan fingerprint density at radius 2 is 1.84 bits per heavy atom. The molecule has 0 spiro atoms. The van der Waals surface area contributed by atoms with Crippen LogP contribution in [0.2, 0.25) is 0 Å². The van der Waals surface area contributed by atoms with Crippen LogP contribution in [-0.4, -0.2) is 50.0 Å². The molecule has 194 valence electrons. The number of aromatic nitrogens is 5. The number of carbonyl (C=O) groups excluding carboxylic acids is 2. The van der Waals surface area contributed by atoms with Gasteiger partial charge in [0.15, 0.2) is 17.3 Å². The number of fused-ring (bicyclic) bond motifs is 2. The molecule has 0 bridgehead atoms. The Morgan fingerprint density at radius 3 is 2.55 bits per heavy atom. The molecule has 1 aromatic carbocycles. The molecule has 0 radical (unpaired) electrons. The van der Waals surface area contributed by atoms with E-state index in [0.29, 0.717) is 16.8 Å². The largest absolute Gasteiger partial charge is 0.497 e. The first-order valence-electron chi connectivity index (χ1n) is 11.2. The zero-order chi connectivity index (χ0) is 27.0. The number of methoxy groups -OCH3 is 1. The molecule has 0 unspecified atom stereocenters. The molecule has 0 aliphatic rings. The Bertz CT molecular complexity index is 1690. The van der Waals surface area contributed by atoms with Gasteiger partial charge in [-0.2, -0.15) is 10.2 Å². The summed E-state index contributed by atoms with van der Waals surface area (Å²) in [7, 11) is 1.50. The molecule has 4 aromatic heterocycles. The number of hydrogen-bond donors (Lipinski definition) is 1. The van der Waals surface area contributed by atoms with Gasteiger partial charge < -0.3 is 14.8 Å². The molecule has 38 heavy (non-hydrogen) atoms. The molecule has 0 aliphatic carbocycles. The van der Waals surface area contributed by atoms with Gasteiger partial charge in [-0.25, -0.2) is 27.4 Å². The molecule has 0 saturated carbocycles. The predicted molar refractivity (Wildman–Crippen MR) is 129 cm³/mol.